The quantitative estimate of drug-likeness (QED) is 0.443. The first-order valence-corrected chi connectivity index (χ1v) is 15.3. The third-order valence-corrected chi connectivity index (χ3v) is 9.22. The first-order chi connectivity index (χ1) is 19.6. The van der Waals surface area contributed by atoms with Crippen LogP contribution in [-0.4, -0.2) is 81.2 Å². The summed E-state index contributed by atoms with van der Waals surface area (Å²) in [5.74, 6) is 0.477. The number of aromatic nitrogens is 2. The van der Waals surface area contributed by atoms with Gasteiger partial charge in [0.15, 0.2) is 0 Å². The highest BCUT2D eigenvalue weighted by Gasteiger charge is 2.50. The van der Waals surface area contributed by atoms with E-state index in [0.29, 0.717) is 50.7 Å². The third-order valence-electron chi connectivity index (χ3n) is 8.98. The predicted octanol–water partition coefficient (Wildman–Crippen LogP) is 5.28. The Labute approximate surface area is 247 Å². The molecular formula is C31H42ClN5O4. The molecule has 1 aromatic carbocycles. The minimum atomic E-state index is -0.560. The summed E-state index contributed by atoms with van der Waals surface area (Å²) in [4.78, 5) is 42.6. The van der Waals surface area contributed by atoms with E-state index >= 15 is 0 Å². The van der Waals surface area contributed by atoms with Crippen LogP contribution in [0.1, 0.15) is 94.6 Å². The fourth-order valence-corrected chi connectivity index (χ4v) is 6.99. The van der Waals surface area contributed by atoms with E-state index in [4.69, 9.17) is 16.3 Å². The third kappa shape index (κ3) is 5.89. The van der Waals surface area contributed by atoms with E-state index in [0.717, 1.165) is 41.9 Å². The van der Waals surface area contributed by atoms with Crippen LogP contribution >= 0.6 is 11.6 Å². The van der Waals surface area contributed by atoms with Crippen molar-refractivity contribution < 1.29 is 19.4 Å². The van der Waals surface area contributed by atoms with Crippen LogP contribution in [0.2, 0.25) is 5.02 Å². The number of anilines is 1. The predicted molar refractivity (Wildman–Crippen MR) is 158 cm³/mol. The van der Waals surface area contributed by atoms with Crippen LogP contribution in [0, 0.1) is 0 Å². The van der Waals surface area contributed by atoms with Gasteiger partial charge in [-0.05, 0) is 63.1 Å². The summed E-state index contributed by atoms with van der Waals surface area (Å²) < 4.78 is 5.68. The monoisotopic (exact) mass is 583 g/mol. The van der Waals surface area contributed by atoms with Gasteiger partial charge in [0.2, 0.25) is 5.91 Å². The Hall–Kier alpha value is -2.91. The molecule has 3 aliphatic rings. The largest absolute Gasteiger partial charge is 0.449 e. The number of halogens is 1. The fourth-order valence-electron chi connectivity index (χ4n) is 6.79. The first kappa shape index (κ1) is 29.6. The van der Waals surface area contributed by atoms with E-state index in [1.165, 1.54) is 6.33 Å². The average Bonchev–Trinajstić information content (AvgIpc) is 3.43. The summed E-state index contributed by atoms with van der Waals surface area (Å²) in [5, 5.41) is 11.0. The maximum Gasteiger partial charge on any atom is 0.410 e. The molecule has 1 aliphatic carbocycles. The second kappa shape index (κ2) is 12.1. The van der Waals surface area contributed by atoms with Gasteiger partial charge in [-0.3, -0.25) is 9.69 Å². The molecule has 3 heterocycles. The lowest BCUT2D eigenvalue weighted by Gasteiger charge is -2.41. The van der Waals surface area contributed by atoms with E-state index in [1.807, 2.05) is 36.9 Å². The maximum atomic E-state index is 14.4. The smallest absolute Gasteiger partial charge is 0.410 e. The van der Waals surface area contributed by atoms with E-state index < -0.39 is 17.6 Å². The molecular weight excluding hydrogens is 542 g/mol. The number of benzene rings is 1. The average molecular weight is 584 g/mol. The molecule has 5 rings (SSSR count). The Morgan fingerprint density at radius 1 is 1.20 bits per heavy atom. The highest BCUT2D eigenvalue weighted by Crippen LogP contribution is 2.44. The molecule has 0 radical (unpaired) electrons. The number of ether oxygens (including phenoxy) is 1. The molecule has 10 heteroatoms. The second-order valence-electron chi connectivity index (χ2n) is 12.3. The van der Waals surface area contributed by atoms with Crippen LogP contribution < -0.4 is 4.90 Å². The number of nitrogens with zero attached hydrogens (tertiary/aromatic N) is 5. The lowest BCUT2D eigenvalue weighted by atomic mass is 9.88. The number of amides is 2. The molecule has 1 aromatic heterocycles. The molecule has 41 heavy (non-hydrogen) atoms. The van der Waals surface area contributed by atoms with Crippen LogP contribution in [-0.2, 0) is 9.53 Å². The molecule has 0 saturated carbocycles. The Bertz CT molecular complexity index is 1260. The van der Waals surface area contributed by atoms with E-state index in [1.54, 1.807) is 11.0 Å². The van der Waals surface area contributed by atoms with Gasteiger partial charge in [-0.2, -0.15) is 0 Å². The van der Waals surface area contributed by atoms with Crippen molar-refractivity contribution in [3.63, 3.8) is 0 Å². The lowest BCUT2D eigenvalue weighted by molar-refractivity contribution is -0.134. The number of hydrogen-bond acceptors (Lipinski definition) is 7. The second-order valence-corrected chi connectivity index (χ2v) is 12.7. The summed E-state index contributed by atoms with van der Waals surface area (Å²) >= 11 is 6.41. The lowest BCUT2D eigenvalue weighted by Crippen LogP contribution is -2.55. The number of unbranched alkanes of at least 4 members (excludes halogenated alkanes) is 1. The summed E-state index contributed by atoms with van der Waals surface area (Å²) in [6.07, 6.45) is 4.48. The van der Waals surface area contributed by atoms with Gasteiger partial charge < -0.3 is 19.6 Å². The number of fused-ring (bicyclic) bond motifs is 1. The number of piperazine rings is 1. The number of rotatable bonds is 7. The van der Waals surface area contributed by atoms with Crippen molar-refractivity contribution in [2.24, 2.45) is 0 Å². The Morgan fingerprint density at radius 2 is 1.95 bits per heavy atom. The van der Waals surface area contributed by atoms with Gasteiger partial charge in [0.25, 0.3) is 0 Å². The fraction of sp³-hybridized carbons (Fsp3) is 0.613. The summed E-state index contributed by atoms with van der Waals surface area (Å²) in [6.45, 7) is 10.9. The minimum Gasteiger partial charge on any atom is -0.449 e. The first-order valence-electron chi connectivity index (χ1n) is 14.9. The molecule has 2 aliphatic heterocycles. The van der Waals surface area contributed by atoms with Crippen molar-refractivity contribution in [3.05, 3.63) is 52.4 Å². The zero-order valence-electron chi connectivity index (χ0n) is 24.6. The molecule has 0 spiro atoms. The highest BCUT2D eigenvalue weighted by atomic mass is 35.5. The van der Waals surface area contributed by atoms with Gasteiger partial charge in [0.1, 0.15) is 12.1 Å². The highest BCUT2D eigenvalue weighted by molar-refractivity contribution is 6.30. The number of carbonyl (C=O) groups is 2. The Kier molecular flexibility index (Phi) is 8.76. The Morgan fingerprint density at radius 3 is 2.66 bits per heavy atom. The topological polar surface area (TPSA) is 99.1 Å². The number of likely N-dealkylation sites (tertiary alicyclic amines) is 1. The summed E-state index contributed by atoms with van der Waals surface area (Å²) in [6, 6.07) is 7.12. The number of aliphatic hydroxyl groups excluding tert-OH is 1. The van der Waals surface area contributed by atoms with Gasteiger partial charge >= 0.3 is 6.09 Å². The standard InChI is InChI=1S/C31H42ClN5O4/c1-5-6-16-41-30(40)37-23(10-11-31(37,3)4)26(21-8-7-9-22(32)18-21)29(39)36-14-12-35(13-15-36)28-25-20(2)17-24(38)27(25)33-19-34-28/h7-9,18-20,23-24,26,38H,5-6,10-17H2,1-4H3/t20-,23?,24-,26+/m1/s1. The molecule has 2 fully saturated rings. The summed E-state index contributed by atoms with van der Waals surface area (Å²) in [7, 11) is 0. The van der Waals surface area contributed by atoms with E-state index in [2.05, 4.69) is 28.7 Å². The van der Waals surface area contributed by atoms with Crippen molar-refractivity contribution in [1.29, 1.82) is 0 Å². The molecule has 4 atom stereocenters. The molecule has 2 amide bonds. The van der Waals surface area contributed by atoms with Gasteiger partial charge in [-0.1, -0.05) is 44.0 Å². The number of hydrogen-bond donors (Lipinski definition) is 1. The number of aliphatic hydroxyl groups is 1. The molecule has 2 saturated heterocycles. The van der Waals surface area contributed by atoms with E-state index in [-0.39, 0.29) is 24.0 Å². The summed E-state index contributed by atoms with van der Waals surface area (Å²) in [5.41, 5.74) is 2.12. The zero-order valence-corrected chi connectivity index (χ0v) is 25.3. The van der Waals surface area contributed by atoms with Crippen molar-refractivity contribution in [3.8, 4) is 0 Å². The molecule has 1 unspecified atom stereocenters. The van der Waals surface area contributed by atoms with Crippen molar-refractivity contribution in [2.75, 3.05) is 37.7 Å². The minimum absolute atomic E-state index is 0.00215. The maximum absolute atomic E-state index is 14.4. The molecule has 222 valence electrons. The van der Waals surface area contributed by atoms with Crippen LogP contribution in [0.5, 0.6) is 0 Å². The van der Waals surface area contributed by atoms with Gasteiger partial charge in [0, 0.05) is 42.3 Å². The zero-order chi connectivity index (χ0) is 29.3. The van der Waals surface area contributed by atoms with Crippen LogP contribution in [0.25, 0.3) is 0 Å². The van der Waals surface area contributed by atoms with Crippen molar-refractivity contribution in [2.45, 2.75) is 89.3 Å². The molecule has 9 nitrogen and oxygen atoms in total. The van der Waals surface area contributed by atoms with Crippen LogP contribution in [0.15, 0.2) is 30.6 Å². The SMILES string of the molecule is CCCCOC(=O)N1C([C@@H](C(=O)N2CCN(c3ncnc4c3[C@H](C)C[C@H]4O)CC2)c2cccc(Cl)c2)CCC1(C)C. The van der Waals surface area contributed by atoms with Crippen LogP contribution in [0.3, 0.4) is 0 Å². The van der Waals surface area contributed by atoms with Crippen molar-refractivity contribution >= 4 is 29.4 Å². The van der Waals surface area contributed by atoms with Gasteiger partial charge in [-0.25, -0.2) is 14.8 Å². The molecule has 2 aromatic rings. The molecule has 0 bridgehead atoms. The van der Waals surface area contributed by atoms with Crippen LogP contribution in [0.4, 0.5) is 10.6 Å². The molecule has 1 N–H and O–H groups in total. The number of carbonyl (C=O) groups excluding carboxylic acids is 2. The van der Waals surface area contributed by atoms with Gasteiger partial charge in [-0.15, -0.1) is 0 Å². The van der Waals surface area contributed by atoms with Crippen molar-refractivity contribution in [1.82, 2.24) is 19.8 Å². The Balaban J connectivity index is 1.38. The van der Waals surface area contributed by atoms with Gasteiger partial charge in [0.05, 0.1) is 30.4 Å². The van der Waals surface area contributed by atoms with E-state index in [9.17, 15) is 14.7 Å². The normalized spacial score (nSPS) is 24.3.